The second-order valence-corrected chi connectivity index (χ2v) is 36.3. The highest BCUT2D eigenvalue weighted by molar-refractivity contribution is 8.19. The van der Waals surface area contributed by atoms with Crippen molar-refractivity contribution in [1.29, 1.82) is 0 Å². The van der Waals surface area contributed by atoms with E-state index in [2.05, 4.69) is 287 Å². The van der Waals surface area contributed by atoms with E-state index >= 15 is 0 Å². The summed E-state index contributed by atoms with van der Waals surface area (Å²) in [6.45, 7) is 54.8. The van der Waals surface area contributed by atoms with Crippen molar-refractivity contribution in [1.82, 2.24) is 0 Å². The molecule has 4 aliphatic heterocycles. The molecule has 0 atom stereocenters. The summed E-state index contributed by atoms with van der Waals surface area (Å²) in [7, 11) is -7.87. The van der Waals surface area contributed by atoms with Crippen LogP contribution in [0.25, 0.3) is 11.1 Å². The fourth-order valence-corrected chi connectivity index (χ4v) is 18.9. The van der Waals surface area contributed by atoms with E-state index in [1.54, 1.807) is 0 Å². The fourth-order valence-electron chi connectivity index (χ4n) is 9.63. The molecule has 0 radical (unpaired) electrons. The zero-order valence-electron chi connectivity index (χ0n) is 50.1. The summed E-state index contributed by atoms with van der Waals surface area (Å²) in [5.41, 5.74) is 9.74. The summed E-state index contributed by atoms with van der Waals surface area (Å²) >= 11 is 0. The maximum absolute atomic E-state index is 8.46. The summed E-state index contributed by atoms with van der Waals surface area (Å²) in [6.07, 6.45) is 0. The number of hydrogen-bond donors (Lipinski definition) is 0. The summed E-state index contributed by atoms with van der Waals surface area (Å²) < 4.78 is 33.8. The van der Waals surface area contributed by atoms with Gasteiger partial charge in [-0.15, -0.1) is 0 Å². The average molecular weight is 1040 g/mol. The maximum atomic E-state index is 8.46. The van der Waals surface area contributed by atoms with E-state index in [-0.39, 0.29) is 43.3 Å². The van der Waals surface area contributed by atoms with Gasteiger partial charge in [0.15, 0.2) is 0 Å². The van der Waals surface area contributed by atoms with Crippen LogP contribution in [-0.2, 0) is 43.3 Å². The van der Waals surface area contributed by atoms with Crippen molar-refractivity contribution in [3.05, 3.63) is 166 Å². The van der Waals surface area contributed by atoms with Gasteiger partial charge in [-0.05, 0) is 125 Å². The van der Waals surface area contributed by atoms with E-state index < -0.39 is 14.0 Å². The minimum absolute atomic E-state index is 0.111. The van der Waals surface area contributed by atoms with Crippen LogP contribution in [0, 0.1) is 0 Å². The molecule has 0 fully saturated rings. The zero-order chi connectivity index (χ0) is 55.2. The third kappa shape index (κ3) is 11.5. The van der Waals surface area contributed by atoms with E-state index in [0.29, 0.717) is 0 Å². The van der Waals surface area contributed by atoms with Gasteiger partial charge >= 0.3 is 14.0 Å². The van der Waals surface area contributed by atoms with Crippen LogP contribution < -0.4 is 28.7 Å². The molecule has 6 aromatic carbocycles. The molecule has 10 rings (SSSR count). The largest absolute Gasteiger partial charge is 0.435 e. The molecule has 4 bridgehead atoms. The summed E-state index contributed by atoms with van der Waals surface area (Å²) in [4.78, 5) is 0. The summed E-state index contributed by atoms with van der Waals surface area (Å²) in [5, 5.41) is 1.78. The van der Waals surface area contributed by atoms with Gasteiger partial charge in [0.05, 0.1) is 10.6 Å². The highest BCUT2D eigenvalue weighted by atomic mass is 31.9. The first-order valence-corrected chi connectivity index (χ1v) is 31.0. The molecule has 0 N–H and O–H groups in total. The van der Waals surface area contributed by atoms with Crippen molar-refractivity contribution in [2.24, 2.45) is 0 Å². The Labute approximate surface area is 449 Å². The van der Waals surface area contributed by atoms with Crippen LogP contribution in [0.5, 0.6) is 23.0 Å². The van der Waals surface area contributed by atoms with Gasteiger partial charge < -0.3 is 18.1 Å². The molecule has 74 heavy (non-hydrogen) atoms. The Bertz CT molecular complexity index is 2740. The van der Waals surface area contributed by atoms with Crippen molar-refractivity contribution in [3.63, 3.8) is 0 Å². The van der Waals surface area contributed by atoms with Crippen molar-refractivity contribution in [2.75, 3.05) is 0 Å². The molecule has 0 saturated heterocycles. The SMILES string of the molecule is CC(C)(C)c1ccc(OP2(Oc3ccc(C(C)(C)C)cc3C(C)(C)C)=P(Oc3ccc(C(C)(C)C)cc3C(C)(C)C)(Oc3ccc(C(C)(C)C)cc3C(C)(C)C)c3ccc(cc3)-c3ccc2cc3)c(C(C)(C)C)c1. The van der Waals surface area contributed by atoms with Gasteiger partial charge in [-0.25, -0.2) is 0 Å². The lowest BCUT2D eigenvalue weighted by molar-refractivity contribution is 0.438. The molecule has 4 heterocycles. The predicted molar refractivity (Wildman–Crippen MR) is 323 cm³/mol. The summed E-state index contributed by atoms with van der Waals surface area (Å²) in [5.74, 6) is 2.98. The van der Waals surface area contributed by atoms with Gasteiger partial charge in [0.2, 0.25) is 0 Å². The quantitative estimate of drug-likeness (QED) is 0.142. The Morgan fingerprint density at radius 2 is 0.419 bits per heavy atom. The molecular formula is C68H92O4P2. The molecule has 6 heteroatoms. The molecule has 0 unspecified atom stereocenters. The number of benzene rings is 6. The van der Waals surface area contributed by atoms with Crippen molar-refractivity contribution >= 4 is 24.6 Å². The molecular weight excluding hydrogens is 943 g/mol. The average Bonchev–Trinajstić information content (AvgIpc) is 3.26. The Balaban J connectivity index is 1.84. The topological polar surface area (TPSA) is 36.9 Å². The van der Waals surface area contributed by atoms with Gasteiger partial charge in [0.25, 0.3) is 0 Å². The normalized spacial score (nSPS) is 15.2. The minimum Gasteiger partial charge on any atom is -0.435 e. The lowest BCUT2D eigenvalue weighted by Crippen LogP contribution is -2.29. The molecule has 0 amide bonds. The molecule has 0 spiro atoms. The van der Waals surface area contributed by atoms with E-state index in [9.17, 15) is 0 Å². The molecule has 398 valence electrons. The van der Waals surface area contributed by atoms with Gasteiger partial charge in [-0.2, -0.15) is 0 Å². The van der Waals surface area contributed by atoms with Gasteiger partial charge in [0.1, 0.15) is 23.0 Å². The van der Waals surface area contributed by atoms with Gasteiger partial charge in [0, 0.05) is 22.3 Å². The second-order valence-electron chi connectivity index (χ2n) is 29.3. The van der Waals surface area contributed by atoms with Crippen LogP contribution >= 0.6 is 14.0 Å². The van der Waals surface area contributed by atoms with Gasteiger partial charge in [-0.3, -0.25) is 0 Å². The first-order valence-electron chi connectivity index (χ1n) is 27.0. The molecule has 6 aromatic rings. The first kappa shape index (κ1) is 57.1. The minimum atomic E-state index is -3.93. The maximum Gasteiger partial charge on any atom is 0.326 e. The third-order valence-corrected chi connectivity index (χ3v) is 23.4. The Kier molecular flexibility index (Phi) is 14.8. The van der Waals surface area contributed by atoms with Crippen molar-refractivity contribution < 1.29 is 18.1 Å². The Morgan fingerprint density at radius 1 is 0.230 bits per heavy atom. The first-order chi connectivity index (χ1) is 33.6. The monoisotopic (exact) mass is 1030 g/mol. The molecule has 4 nitrogen and oxygen atoms in total. The zero-order valence-corrected chi connectivity index (χ0v) is 51.9. The lowest BCUT2D eigenvalue weighted by atomic mass is 9.80. The van der Waals surface area contributed by atoms with Crippen LogP contribution in [0.2, 0.25) is 0 Å². The van der Waals surface area contributed by atoms with Crippen LogP contribution in [0.4, 0.5) is 0 Å². The summed E-state index contributed by atoms with van der Waals surface area (Å²) in [6, 6.07) is 45.0. The van der Waals surface area contributed by atoms with Crippen LogP contribution in [-0.4, -0.2) is 0 Å². The third-order valence-electron chi connectivity index (χ3n) is 14.6. The van der Waals surface area contributed by atoms with Crippen molar-refractivity contribution in [3.8, 4) is 34.1 Å². The Hall–Kier alpha value is -4.62. The number of hydrogen-bond acceptors (Lipinski definition) is 4. The highest BCUT2D eigenvalue weighted by Crippen LogP contribution is 2.76. The predicted octanol–water partition coefficient (Wildman–Crippen LogP) is 19.9. The molecule has 4 aliphatic rings. The highest BCUT2D eigenvalue weighted by Gasteiger charge is 2.50. The van der Waals surface area contributed by atoms with Gasteiger partial charge in [-0.1, -0.05) is 239 Å². The van der Waals surface area contributed by atoms with Crippen LogP contribution in [0.3, 0.4) is 0 Å². The van der Waals surface area contributed by atoms with Crippen molar-refractivity contribution in [2.45, 2.75) is 209 Å². The van der Waals surface area contributed by atoms with E-state index in [4.69, 9.17) is 18.1 Å². The molecule has 0 aliphatic carbocycles. The van der Waals surface area contributed by atoms with E-state index in [1.807, 2.05) is 0 Å². The molecule has 0 aromatic heterocycles. The van der Waals surface area contributed by atoms with Crippen LogP contribution in [0.15, 0.2) is 121 Å². The lowest BCUT2D eigenvalue weighted by Gasteiger charge is -2.42. The second kappa shape index (κ2) is 19.1. The standard InChI is InChI=1S/C68H92O4P2/c1-61(2,3)47-29-37-57(53(41-47)65(13,14)15)69-73(70-58-38-30-48(62(4,5)6)42-54(58)66(16,17)18)51-33-25-45(26-34-51)46-27-35-52(36-28-46)74(73,71-59-39-31-49(63(7,8)9)43-55(59)67(19,20)21)72-60-40-32-50(64(10,11)12)44-56(60)68(22,23)24/h25-44H,1-24H3. The van der Waals surface area contributed by atoms with E-state index in [0.717, 1.165) is 67.0 Å². The van der Waals surface area contributed by atoms with E-state index in [1.165, 1.54) is 22.3 Å². The smallest absolute Gasteiger partial charge is 0.326 e. The number of rotatable bonds is 8. The fraction of sp³-hybridized carbons (Fsp3) is 0.471. The van der Waals surface area contributed by atoms with Crippen LogP contribution in [0.1, 0.15) is 211 Å². The Morgan fingerprint density at radius 3 is 0.581 bits per heavy atom. The molecule has 0 saturated carbocycles.